The van der Waals surface area contributed by atoms with Gasteiger partial charge < -0.3 is 4.74 Å². The highest BCUT2D eigenvalue weighted by atomic mass is 32.2. The zero-order chi connectivity index (χ0) is 15.1. The molecule has 2 rings (SSSR count). The SMILES string of the molecule is CCOc1ccccc1S(=O)(=O)NOCC1CCCCC1. The number of ether oxygens (including phenoxy) is 1. The summed E-state index contributed by atoms with van der Waals surface area (Å²) in [5, 5.41) is 0. The maximum absolute atomic E-state index is 12.3. The number of sulfonamides is 1. The van der Waals surface area contributed by atoms with Crippen LogP contribution in [0.2, 0.25) is 0 Å². The Balaban J connectivity index is 1.94. The van der Waals surface area contributed by atoms with Crippen LogP contribution in [0.25, 0.3) is 0 Å². The average molecular weight is 313 g/mol. The van der Waals surface area contributed by atoms with E-state index in [1.807, 2.05) is 6.92 Å². The molecule has 1 aromatic rings. The van der Waals surface area contributed by atoms with E-state index in [2.05, 4.69) is 4.89 Å². The minimum atomic E-state index is -3.71. The van der Waals surface area contributed by atoms with Gasteiger partial charge in [0.15, 0.2) is 0 Å². The number of hydrogen-bond acceptors (Lipinski definition) is 4. The quantitative estimate of drug-likeness (QED) is 0.786. The summed E-state index contributed by atoms with van der Waals surface area (Å²) in [6, 6.07) is 6.56. The monoisotopic (exact) mass is 313 g/mol. The first kappa shape index (κ1) is 16.3. The Morgan fingerprint density at radius 3 is 2.62 bits per heavy atom. The summed E-state index contributed by atoms with van der Waals surface area (Å²) in [5.74, 6) is 0.789. The van der Waals surface area contributed by atoms with Crippen LogP contribution in [0, 0.1) is 5.92 Å². The molecule has 0 amide bonds. The Bertz CT molecular complexity index is 538. The molecule has 0 heterocycles. The van der Waals surface area contributed by atoms with E-state index in [1.165, 1.54) is 25.3 Å². The molecule has 1 aromatic carbocycles. The third-order valence-corrected chi connectivity index (χ3v) is 4.90. The van der Waals surface area contributed by atoms with Crippen LogP contribution in [0.4, 0.5) is 0 Å². The topological polar surface area (TPSA) is 64.6 Å². The van der Waals surface area contributed by atoms with Gasteiger partial charge in [-0.2, -0.15) is 0 Å². The molecule has 118 valence electrons. The second kappa shape index (κ2) is 7.77. The molecule has 0 atom stereocenters. The Hall–Kier alpha value is -1.11. The van der Waals surface area contributed by atoms with E-state index >= 15 is 0 Å². The van der Waals surface area contributed by atoms with Crippen molar-refractivity contribution in [3.8, 4) is 5.75 Å². The van der Waals surface area contributed by atoms with Crippen LogP contribution >= 0.6 is 0 Å². The molecule has 0 aliphatic heterocycles. The molecule has 21 heavy (non-hydrogen) atoms. The van der Waals surface area contributed by atoms with Gasteiger partial charge in [-0.3, -0.25) is 4.84 Å². The van der Waals surface area contributed by atoms with E-state index < -0.39 is 10.0 Å². The summed E-state index contributed by atoms with van der Waals surface area (Å²) >= 11 is 0. The fourth-order valence-electron chi connectivity index (χ4n) is 2.58. The number of nitrogens with one attached hydrogen (secondary N) is 1. The number of benzene rings is 1. The van der Waals surface area contributed by atoms with Crippen molar-refractivity contribution in [2.24, 2.45) is 5.92 Å². The Morgan fingerprint density at radius 2 is 1.90 bits per heavy atom. The van der Waals surface area contributed by atoms with Crippen molar-refractivity contribution in [1.82, 2.24) is 4.89 Å². The van der Waals surface area contributed by atoms with Crippen molar-refractivity contribution in [3.63, 3.8) is 0 Å². The summed E-state index contributed by atoms with van der Waals surface area (Å²) < 4.78 is 29.9. The molecule has 1 N–H and O–H groups in total. The minimum Gasteiger partial charge on any atom is -0.492 e. The molecular weight excluding hydrogens is 290 g/mol. The zero-order valence-corrected chi connectivity index (χ0v) is 13.2. The summed E-state index contributed by atoms with van der Waals surface area (Å²) in [6.07, 6.45) is 5.89. The molecule has 1 aliphatic carbocycles. The van der Waals surface area contributed by atoms with Crippen molar-refractivity contribution in [3.05, 3.63) is 24.3 Å². The van der Waals surface area contributed by atoms with Gasteiger partial charge in [0, 0.05) is 0 Å². The molecule has 1 aliphatic rings. The molecule has 0 radical (unpaired) electrons. The van der Waals surface area contributed by atoms with Crippen molar-refractivity contribution >= 4 is 10.0 Å². The first-order valence-electron chi connectivity index (χ1n) is 7.49. The fourth-order valence-corrected chi connectivity index (χ4v) is 3.54. The standard InChI is InChI=1S/C15H23NO4S/c1-2-19-14-10-6-7-11-15(14)21(17,18)16-20-12-13-8-4-3-5-9-13/h6-7,10-11,13,16H,2-5,8-9,12H2,1H3. The average Bonchev–Trinajstić information content (AvgIpc) is 2.49. The highest BCUT2D eigenvalue weighted by Crippen LogP contribution is 2.25. The molecule has 0 unspecified atom stereocenters. The van der Waals surface area contributed by atoms with Crippen LogP contribution in [0.3, 0.4) is 0 Å². The van der Waals surface area contributed by atoms with Crippen LogP contribution in [0.5, 0.6) is 5.75 Å². The van der Waals surface area contributed by atoms with Gasteiger partial charge in [-0.05, 0) is 37.8 Å². The van der Waals surface area contributed by atoms with Crippen LogP contribution in [0.1, 0.15) is 39.0 Å². The summed E-state index contributed by atoms with van der Waals surface area (Å²) in [5.41, 5.74) is 0. The lowest BCUT2D eigenvalue weighted by atomic mass is 9.90. The van der Waals surface area contributed by atoms with Gasteiger partial charge in [-0.1, -0.05) is 36.3 Å². The van der Waals surface area contributed by atoms with Gasteiger partial charge in [-0.25, -0.2) is 8.42 Å². The van der Waals surface area contributed by atoms with Crippen molar-refractivity contribution in [2.45, 2.75) is 43.9 Å². The highest BCUT2D eigenvalue weighted by molar-refractivity contribution is 7.89. The van der Waals surface area contributed by atoms with E-state index in [4.69, 9.17) is 9.57 Å². The second-order valence-corrected chi connectivity index (χ2v) is 6.89. The summed E-state index contributed by atoms with van der Waals surface area (Å²) in [4.78, 5) is 7.55. The normalized spacial score (nSPS) is 16.8. The van der Waals surface area contributed by atoms with Gasteiger partial charge in [0.1, 0.15) is 10.6 Å². The smallest absolute Gasteiger partial charge is 0.266 e. The lowest BCUT2D eigenvalue weighted by Gasteiger charge is -2.21. The van der Waals surface area contributed by atoms with Crippen LogP contribution in [-0.4, -0.2) is 21.6 Å². The van der Waals surface area contributed by atoms with E-state index in [-0.39, 0.29) is 4.90 Å². The third-order valence-electron chi connectivity index (χ3n) is 3.65. The van der Waals surface area contributed by atoms with Gasteiger partial charge in [0.2, 0.25) is 0 Å². The van der Waals surface area contributed by atoms with E-state index in [9.17, 15) is 8.42 Å². The first-order chi connectivity index (χ1) is 10.1. The summed E-state index contributed by atoms with van der Waals surface area (Å²) in [7, 11) is -3.71. The fraction of sp³-hybridized carbons (Fsp3) is 0.600. The number of hydrogen-bond donors (Lipinski definition) is 1. The molecule has 5 nitrogen and oxygen atoms in total. The van der Waals surface area contributed by atoms with Gasteiger partial charge >= 0.3 is 0 Å². The van der Waals surface area contributed by atoms with Crippen LogP contribution in [0.15, 0.2) is 29.2 Å². The Kier molecular flexibility index (Phi) is 6.02. The number of rotatable bonds is 7. The van der Waals surface area contributed by atoms with E-state index in [0.717, 1.165) is 12.8 Å². The zero-order valence-electron chi connectivity index (χ0n) is 12.4. The maximum Gasteiger partial charge on any atom is 0.266 e. The Labute approximate surface area is 126 Å². The molecule has 0 saturated heterocycles. The van der Waals surface area contributed by atoms with E-state index in [1.54, 1.807) is 18.2 Å². The van der Waals surface area contributed by atoms with Gasteiger partial charge in [0.05, 0.1) is 13.2 Å². The van der Waals surface area contributed by atoms with Gasteiger partial charge in [-0.15, -0.1) is 0 Å². The molecule has 1 fully saturated rings. The molecule has 0 spiro atoms. The molecule has 6 heteroatoms. The van der Waals surface area contributed by atoms with Crippen LogP contribution < -0.4 is 9.62 Å². The first-order valence-corrected chi connectivity index (χ1v) is 8.97. The summed E-state index contributed by atoms with van der Waals surface area (Å²) in [6.45, 7) is 2.65. The molecule has 1 saturated carbocycles. The highest BCUT2D eigenvalue weighted by Gasteiger charge is 2.20. The molecule has 0 bridgehead atoms. The predicted molar refractivity (Wildman–Crippen MR) is 80.5 cm³/mol. The number of para-hydroxylation sites is 1. The minimum absolute atomic E-state index is 0.107. The largest absolute Gasteiger partial charge is 0.492 e. The van der Waals surface area contributed by atoms with Gasteiger partial charge in [0.25, 0.3) is 10.0 Å². The van der Waals surface area contributed by atoms with E-state index in [0.29, 0.717) is 24.9 Å². The maximum atomic E-state index is 12.3. The molecular formula is C15H23NO4S. The molecule has 0 aromatic heterocycles. The lowest BCUT2D eigenvalue weighted by molar-refractivity contribution is 0.0518. The second-order valence-electron chi connectivity index (χ2n) is 5.28. The van der Waals surface area contributed by atoms with Crippen molar-refractivity contribution in [1.29, 1.82) is 0 Å². The van der Waals surface area contributed by atoms with Crippen LogP contribution in [-0.2, 0) is 14.9 Å². The Morgan fingerprint density at radius 1 is 1.19 bits per heavy atom. The van der Waals surface area contributed by atoms with Crippen molar-refractivity contribution < 1.29 is 18.0 Å². The third kappa shape index (κ3) is 4.69. The van der Waals surface area contributed by atoms with Crippen molar-refractivity contribution in [2.75, 3.05) is 13.2 Å². The predicted octanol–water partition coefficient (Wildman–Crippen LogP) is 2.88. The lowest BCUT2D eigenvalue weighted by Crippen LogP contribution is -2.27.